The summed E-state index contributed by atoms with van der Waals surface area (Å²) in [5.74, 6) is -0.500. The van der Waals surface area contributed by atoms with Gasteiger partial charge in [-0.1, -0.05) is 30.1 Å². The van der Waals surface area contributed by atoms with Gasteiger partial charge in [-0.2, -0.15) is 0 Å². The fourth-order valence-electron chi connectivity index (χ4n) is 1.25. The number of hydrogen-bond acceptors (Lipinski definition) is 4. The van der Waals surface area contributed by atoms with Crippen molar-refractivity contribution in [2.75, 3.05) is 25.6 Å². The molecule has 0 spiro atoms. The molecule has 0 saturated heterocycles. The monoisotopic (exact) mass is 291 g/mol. The molecule has 100 valence electrons. The molecule has 1 rings (SSSR count). The summed E-state index contributed by atoms with van der Waals surface area (Å²) in [4.78, 5) is 11.7. The predicted octanol–water partition coefficient (Wildman–Crippen LogP) is 3.16. The Morgan fingerprint density at radius 3 is 2.61 bits per heavy atom. The normalized spacial score (nSPS) is 10.4. The van der Waals surface area contributed by atoms with Crippen molar-refractivity contribution in [2.45, 2.75) is 13.3 Å². The van der Waals surface area contributed by atoms with Crippen LogP contribution in [0.3, 0.4) is 0 Å². The number of hydrogen-bond donors (Lipinski definition) is 1. The summed E-state index contributed by atoms with van der Waals surface area (Å²) in [5, 5.41) is 0.463. The fraction of sp³-hybridized carbons (Fsp3) is 0.417. The molecule has 1 aromatic rings. The van der Waals surface area contributed by atoms with Crippen molar-refractivity contribution in [2.24, 2.45) is 0 Å². The first kappa shape index (κ1) is 15.1. The SMILES string of the molecule is CCCOCCOC(=O)c1cc(N)c(Cl)c(Cl)c1. The Morgan fingerprint density at radius 1 is 1.28 bits per heavy atom. The van der Waals surface area contributed by atoms with E-state index in [1.54, 1.807) is 0 Å². The predicted molar refractivity (Wildman–Crippen MR) is 72.3 cm³/mol. The molecule has 0 unspecified atom stereocenters. The third-order valence-electron chi connectivity index (χ3n) is 2.10. The number of esters is 1. The van der Waals surface area contributed by atoms with E-state index in [9.17, 15) is 4.79 Å². The van der Waals surface area contributed by atoms with Crippen molar-refractivity contribution in [3.8, 4) is 0 Å². The van der Waals surface area contributed by atoms with Gasteiger partial charge in [0.1, 0.15) is 6.61 Å². The molecule has 0 saturated carbocycles. The zero-order valence-electron chi connectivity index (χ0n) is 10.0. The summed E-state index contributed by atoms with van der Waals surface area (Å²) in [7, 11) is 0. The lowest BCUT2D eigenvalue weighted by molar-refractivity contribution is 0.0318. The lowest BCUT2D eigenvalue weighted by Gasteiger charge is -2.07. The van der Waals surface area contributed by atoms with Crippen LogP contribution in [0.1, 0.15) is 23.7 Å². The van der Waals surface area contributed by atoms with E-state index in [1.165, 1.54) is 12.1 Å². The van der Waals surface area contributed by atoms with Gasteiger partial charge in [-0.3, -0.25) is 0 Å². The average Bonchev–Trinajstić information content (AvgIpc) is 2.34. The van der Waals surface area contributed by atoms with E-state index in [1.807, 2.05) is 6.92 Å². The van der Waals surface area contributed by atoms with E-state index in [-0.39, 0.29) is 27.9 Å². The number of carbonyl (C=O) groups is 1. The summed E-state index contributed by atoms with van der Waals surface area (Å²) in [6.45, 7) is 3.22. The number of rotatable bonds is 6. The zero-order valence-corrected chi connectivity index (χ0v) is 11.6. The number of benzene rings is 1. The van der Waals surface area contributed by atoms with Gasteiger partial charge in [-0.15, -0.1) is 0 Å². The average molecular weight is 292 g/mol. The minimum absolute atomic E-state index is 0.193. The molecule has 1 aromatic carbocycles. The molecule has 0 heterocycles. The van der Waals surface area contributed by atoms with Crippen LogP contribution in [0.4, 0.5) is 5.69 Å². The van der Waals surface area contributed by atoms with Crippen LogP contribution in [-0.2, 0) is 9.47 Å². The van der Waals surface area contributed by atoms with Crippen LogP contribution in [0.5, 0.6) is 0 Å². The molecule has 0 aromatic heterocycles. The standard InChI is InChI=1S/C12H15Cl2NO3/c1-2-3-17-4-5-18-12(16)8-6-9(13)11(14)10(15)7-8/h6-7H,2-5,15H2,1H3. The number of nitrogens with two attached hydrogens (primary N) is 1. The van der Waals surface area contributed by atoms with E-state index < -0.39 is 5.97 Å². The molecule has 0 amide bonds. The van der Waals surface area contributed by atoms with E-state index in [0.29, 0.717) is 13.2 Å². The maximum atomic E-state index is 11.7. The van der Waals surface area contributed by atoms with Gasteiger partial charge in [-0.05, 0) is 18.6 Å². The lowest BCUT2D eigenvalue weighted by Crippen LogP contribution is -2.11. The smallest absolute Gasteiger partial charge is 0.338 e. The van der Waals surface area contributed by atoms with Gasteiger partial charge < -0.3 is 15.2 Å². The fourth-order valence-corrected chi connectivity index (χ4v) is 1.59. The molecule has 0 radical (unpaired) electrons. The number of carbonyl (C=O) groups excluding carboxylic acids is 1. The second kappa shape index (κ2) is 7.46. The van der Waals surface area contributed by atoms with Crippen LogP contribution in [0.25, 0.3) is 0 Å². The third kappa shape index (κ3) is 4.37. The van der Waals surface area contributed by atoms with Gasteiger partial charge in [0.05, 0.1) is 27.9 Å². The highest BCUT2D eigenvalue weighted by atomic mass is 35.5. The van der Waals surface area contributed by atoms with Crippen LogP contribution in [0.15, 0.2) is 12.1 Å². The molecule has 6 heteroatoms. The summed E-state index contributed by atoms with van der Waals surface area (Å²) in [5.41, 5.74) is 6.13. The van der Waals surface area contributed by atoms with Gasteiger partial charge in [-0.25, -0.2) is 4.79 Å². The molecule has 2 N–H and O–H groups in total. The second-order valence-electron chi connectivity index (χ2n) is 3.61. The first-order valence-corrected chi connectivity index (χ1v) is 6.31. The van der Waals surface area contributed by atoms with Gasteiger partial charge >= 0.3 is 5.97 Å². The van der Waals surface area contributed by atoms with Crippen LogP contribution < -0.4 is 5.73 Å². The largest absolute Gasteiger partial charge is 0.460 e. The van der Waals surface area contributed by atoms with Crippen molar-refractivity contribution in [1.82, 2.24) is 0 Å². The molecule has 0 fully saturated rings. The minimum atomic E-state index is -0.500. The van der Waals surface area contributed by atoms with Gasteiger partial charge in [0.15, 0.2) is 0 Å². The molecule has 0 aliphatic carbocycles. The summed E-state index contributed by atoms with van der Waals surface area (Å²) in [6.07, 6.45) is 0.928. The topological polar surface area (TPSA) is 61.5 Å². The minimum Gasteiger partial charge on any atom is -0.460 e. The first-order valence-electron chi connectivity index (χ1n) is 5.55. The highest BCUT2D eigenvalue weighted by molar-refractivity contribution is 6.43. The van der Waals surface area contributed by atoms with Gasteiger partial charge in [0.2, 0.25) is 0 Å². The van der Waals surface area contributed by atoms with Gasteiger partial charge in [0.25, 0.3) is 0 Å². The summed E-state index contributed by atoms with van der Waals surface area (Å²) in [6, 6.07) is 2.86. The maximum absolute atomic E-state index is 11.7. The van der Waals surface area contributed by atoms with Crippen molar-refractivity contribution in [1.29, 1.82) is 0 Å². The molecule has 4 nitrogen and oxygen atoms in total. The molecule has 0 atom stereocenters. The van der Waals surface area contributed by atoms with Gasteiger partial charge in [0, 0.05) is 6.61 Å². The Bertz CT molecular complexity index is 401. The van der Waals surface area contributed by atoms with Crippen molar-refractivity contribution < 1.29 is 14.3 Å². The highest BCUT2D eigenvalue weighted by Gasteiger charge is 2.12. The molecule has 0 aliphatic heterocycles. The number of anilines is 1. The Balaban J connectivity index is 2.52. The van der Waals surface area contributed by atoms with Crippen LogP contribution in [0.2, 0.25) is 10.0 Å². The first-order chi connectivity index (χ1) is 8.56. The highest BCUT2D eigenvalue weighted by Crippen LogP contribution is 2.29. The summed E-state index contributed by atoms with van der Waals surface area (Å²) < 4.78 is 10.2. The Hall–Kier alpha value is -0.970. The van der Waals surface area contributed by atoms with Crippen LogP contribution in [-0.4, -0.2) is 25.8 Å². The van der Waals surface area contributed by atoms with Crippen molar-refractivity contribution in [3.63, 3.8) is 0 Å². The Labute approximate surface area is 116 Å². The van der Waals surface area contributed by atoms with E-state index in [0.717, 1.165) is 6.42 Å². The van der Waals surface area contributed by atoms with Crippen molar-refractivity contribution in [3.05, 3.63) is 27.7 Å². The number of nitrogen functional groups attached to an aromatic ring is 1. The second-order valence-corrected chi connectivity index (χ2v) is 4.39. The third-order valence-corrected chi connectivity index (χ3v) is 2.92. The molecular weight excluding hydrogens is 277 g/mol. The van der Waals surface area contributed by atoms with Crippen LogP contribution >= 0.6 is 23.2 Å². The number of ether oxygens (including phenoxy) is 2. The summed E-state index contributed by atoms with van der Waals surface area (Å²) >= 11 is 11.6. The zero-order chi connectivity index (χ0) is 13.5. The quantitative estimate of drug-likeness (QED) is 0.497. The maximum Gasteiger partial charge on any atom is 0.338 e. The molecular formula is C12H15Cl2NO3. The molecule has 0 bridgehead atoms. The van der Waals surface area contributed by atoms with E-state index in [4.69, 9.17) is 38.4 Å². The molecule has 0 aliphatic rings. The Morgan fingerprint density at radius 2 is 2.00 bits per heavy atom. The van der Waals surface area contributed by atoms with Crippen LogP contribution in [0, 0.1) is 0 Å². The van der Waals surface area contributed by atoms with E-state index in [2.05, 4.69) is 0 Å². The van der Waals surface area contributed by atoms with Crippen molar-refractivity contribution >= 4 is 34.9 Å². The number of halogens is 2. The Kier molecular flexibility index (Phi) is 6.25. The van der Waals surface area contributed by atoms with E-state index >= 15 is 0 Å². The molecule has 18 heavy (non-hydrogen) atoms. The lowest BCUT2D eigenvalue weighted by atomic mass is 10.2.